The van der Waals surface area contributed by atoms with Crippen LogP contribution in [0, 0.1) is 11.1 Å². The Morgan fingerprint density at radius 1 is 1.35 bits per heavy atom. The number of nitrogens with zero attached hydrogens (tertiary/aromatic N) is 1. The minimum Gasteiger partial charge on any atom is -0.633 e. The third-order valence-electron chi connectivity index (χ3n) is 6.38. The number of ether oxygens (including phenoxy) is 1. The molecule has 0 aromatic heterocycles. The van der Waals surface area contributed by atoms with E-state index in [-0.39, 0.29) is 40.2 Å². The van der Waals surface area contributed by atoms with Crippen LogP contribution in [0.15, 0.2) is 24.3 Å². The second kappa shape index (κ2) is 4.42. The minimum atomic E-state index is -0.696. The van der Waals surface area contributed by atoms with Crippen LogP contribution in [0.4, 0.5) is 0 Å². The van der Waals surface area contributed by atoms with Crippen molar-refractivity contribution in [3.8, 4) is 11.5 Å². The number of phenolic OH excluding ortho intramolecular Hbond substituents is 1. The Hall–Kier alpha value is -1.27. The first-order chi connectivity index (χ1) is 10.4. The molecule has 0 radical (unpaired) electrons. The lowest BCUT2D eigenvalue weighted by molar-refractivity contribution is -0.898. The summed E-state index contributed by atoms with van der Waals surface area (Å²) in [5, 5.41) is 33.6. The number of rotatable bonds is 0. The highest BCUT2D eigenvalue weighted by Crippen LogP contribution is 2.63. The molecule has 5 nitrogen and oxygen atoms in total. The van der Waals surface area contributed by atoms with Gasteiger partial charge < -0.3 is 24.8 Å². The van der Waals surface area contributed by atoms with E-state index < -0.39 is 12.2 Å². The molecule has 124 valence electrons. The summed E-state index contributed by atoms with van der Waals surface area (Å²) in [5.74, 6) is 0.722. The summed E-state index contributed by atoms with van der Waals surface area (Å²) >= 11 is 0. The molecular formula is C17H20ClNO4. The number of likely N-dealkylation sites (tertiary alicyclic amines) is 1. The van der Waals surface area contributed by atoms with E-state index in [0.717, 1.165) is 11.1 Å². The lowest BCUT2D eigenvalue weighted by Crippen LogP contribution is -2.69. The number of phenols is 1. The van der Waals surface area contributed by atoms with Crippen LogP contribution in [-0.2, 0) is 11.8 Å². The first-order valence-electron chi connectivity index (χ1n) is 7.90. The van der Waals surface area contributed by atoms with Crippen LogP contribution in [0.5, 0.6) is 11.5 Å². The van der Waals surface area contributed by atoms with E-state index in [9.17, 15) is 15.4 Å². The van der Waals surface area contributed by atoms with Crippen LogP contribution < -0.4 is 4.74 Å². The molecule has 23 heavy (non-hydrogen) atoms. The van der Waals surface area contributed by atoms with Gasteiger partial charge in [0.05, 0.1) is 25.0 Å². The minimum absolute atomic E-state index is 0. The number of aromatic hydroxyl groups is 1. The number of halogens is 1. The molecule has 1 spiro atoms. The smallest absolute Gasteiger partial charge is 0.165 e. The molecule has 4 aliphatic rings. The van der Waals surface area contributed by atoms with Crippen molar-refractivity contribution in [1.82, 2.24) is 0 Å². The van der Waals surface area contributed by atoms with Gasteiger partial charge in [-0.15, -0.1) is 12.4 Å². The standard InChI is InChI=1S/C17H19NO4.ClH/c1-18(21)7-6-17-10-3-5-13(20)16(17)22-15-12(19)4-2-9(14(15)17)8-11(10)18;/h2-5,10-11,13,16,19-20H,6-8H2,1H3;1H/t10-,11?,13-,16-,17-,18+;/m0./s1. The Bertz CT molecular complexity index is 719. The third-order valence-corrected chi connectivity index (χ3v) is 6.38. The molecule has 2 bridgehead atoms. The number of piperidine rings is 1. The van der Waals surface area contributed by atoms with Gasteiger partial charge in [0.25, 0.3) is 0 Å². The highest BCUT2D eigenvalue weighted by molar-refractivity contribution is 5.85. The molecule has 5 rings (SSSR count). The van der Waals surface area contributed by atoms with Gasteiger partial charge in [-0.2, -0.15) is 0 Å². The topological polar surface area (TPSA) is 72.8 Å². The van der Waals surface area contributed by atoms with Crippen LogP contribution in [0.3, 0.4) is 0 Å². The zero-order valence-corrected chi connectivity index (χ0v) is 13.6. The van der Waals surface area contributed by atoms with E-state index in [4.69, 9.17) is 4.74 Å². The van der Waals surface area contributed by atoms with Gasteiger partial charge in [-0.3, -0.25) is 0 Å². The molecular weight excluding hydrogens is 318 g/mol. The van der Waals surface area contributed by atoms with Gasteiger partial charge >= 0.3 is 0 Å². The second-order valence-electron chi connectivity index (χ2n) is 7.35. The number of aliphatic hydroxyl groups is 1. The Balaban J connectivity index is 0.00000135. The van der Waals surface area contributed by atoms with Crippen LogP contribution >= 0.6 is 12.4 Å². The van der Waals surface area contributed by atoms with Crippen molar-refractivity contribution in [2.45, 2.75) is 36.5 Å². The van der Waals surface area contributed by atoms with Crippen molar-refractivity contribution < 1.29 is 19.6 Å². The van der Waals surface area contributed by atoms with Gasteiger partial charge in [-0.1, -0.05) is 18.2 Å². The van der Waals surface area contributed by atoms with Gasteiger partial charge in [0.15, 0.2) is 11.5 Å². The van der Waals surface area contributed by atoms with E-state index in [1.54, 1.807) is 19.2 Å². The maximum absolute atomic E-state index is 12.9. The lowest BCUT2D eigenvalue weighted by atomic mass is 9.53. The van der Waals surface area contributed by atoms with E-state index in [1.165, 1.54) is 0 Å². The number of quaternary nitrogens is 1. The molecule has 0 saturated carbocycles. The fraction of sp³-hybridized carbons (Fsp3) is 0.529. The number of aliphatic hydroxyl groups excluding tert-OH is 1. The quantitative estimate of drug-likeness (QED) is 0.429. The van der Waals surface area contributed by atoms with Crippen LogP contribution in [0.25, 0.3) is 0 Å². The van der Waals surface area contributed by atoms with Gasteiger partial charge in [0, 0.05) is 24.3 Å². The van der Waals surface area contributed by atoms with Crippen molar-refractivity contribution in [2.75, 3.05) is 13.6 Å². The Morgan fingerprint density at radius 3 is 2.91 bits per heavy atom. The van der Waals surface area contributed by atoms with E-state index in [1.807, 2.05) is 12.1 Å². The van der Waals surface area contributed by atoms with Crippen molar-refractivity contribution in [2.24, 2.45) is 5.92 Å². The van der Waals surface area contributed by atoms with Crippen molar-refractivity contribution in [1.29, 1.82) is 0 Å². The van der Waals surface area contributed by atoms with Gasteiger partial charge in [-0.05, 0) is 11.6 Å². The zero-order valence-electron chi connectivity index (χ0n) is 12.8. The molecule has 0 amide bonds. The van der Waals surface area contributed by atoms with Gasteiger partial charge in [-0.25, -0.2) is 0 Å². The maximum Gasteiger partial charge on any atom is 0.165 e. The first kappa shape index (κ1) is 15.3. The molecule has 1 fully saturated rings. The highest BCUT2D eigenvalue weighted by atomic mass is 35.5. The largest absolute Gasteiger partial charge is 0.633 e. The summed E-state index contributed by atoms with van der Waals surface area (Å²) in [6.45, 7) is 0.524. The molecule has 1 saturated heterocycles. The number of hydroxylamine groups is 3. The molecule has 2 heterocycles. The summed E-state index contributed by atoms with van der Waals surface area (Å²) < 4.78 is 5.79. The van der Waals surface area contributed by atoms with Crippen molar-refractivity contribution in [3.05, 3.63) is 40.6 Å². The van der Waals surface area contributed by atoms with Crippen LogP contribution in [0.1, 0.15) is 17.5 Å². The Morgan fingerprint density at radius 2 is 2.13 bits per heavy atom. The van der Waals surface area contributed by atoms with Crippen molar-refractivity contribution >= 4 is 12.4 Å². The Labute approximate surface area is 140 Å². The summed E-state index contributed by atoms with van der Waals surface area (Å²) in [6, 6.07) is 3.51. The third kappa shape index (κ3) is 1.59. The highest BCUT2D eigenvalue weighted by Gasteiger charge is 2.66. The number of likely N-dealkylation sites (N-methyl/N-ethyl adjacent to an activating group) is 1. The fourth-order valence-electron chi connectivity index (χ4n) is 5.39. The first-order valence-corrected chi connectivity index (χ1v) is 7.90. The van der Waals surface area contributed by atoms with Gasteiger partial charge in [0.1, 0.15) is 12.2 Å². The summed E-state index contributed by atoms with van der Waals surface area (Å²) in [6.07, 6.45) is 4.07. The lowest BCUT2D eigenvalue weighted by Gasteiger charge is -2.61. The molecule has 1 aromatic carbocycles. The molecule has 6 heteroatoms. The number of benzene rings is 1. The SMILES string of the molecule is C[N@@+]1([O-])CC[C@]23c4c5ccc(O)c4O[C@H]2[C@@H](O)C=C[C@H]3C1C5.Cl. The molecule has 2 aliphatic carbocycles. The van der Waals surface area contributed by atoms with E-state index in [0.29, 0.717) is 25.1 Å². The molecule has 6 atom stereocenters. The average Bonchev–Trinajstić information content (AvgIpc) is 2.84. The van der Waals surface area contributed by atoms with Crippen molar-refractivity contribution in [3.63, 3.8) is 0 Å². The monoisotopic (exact) mass is 337 g/mol. The van der Waals surface area contributed by atoms with Gasteiger partial charge in [0.2, 0.25) is 0 Å². The summed E-state index contributed by atoms with van der Waals surface area (Å²) in [5.41, 5.74) is 1.78. The summed E-state index contributed by atoms with van der Waals surface area (Å²) in [7, 11) is 1.76. The molecule has 1 aromatic rings. The number of hydrogen-bond donors (Lipinski definition) is 2. The summed E-state index contributed by atoms with van der Waals surface area (Å²) in [4.78, 5) is 0. The average molecular weight is 338 g/mol. The van der Waals surface area contributed by atoms with Crippen LogP contribution in [0.2, 0.25) is 0 Å². The molecule has 2 aliphatic heterocycles. The normalized spacial score (nSPS) is 45.0. The Kier molecular flexibility index (Phi) is 2.93. The maximum atomic E-state index is 12.9. The second-order valence-corrected chi connectivity index (χ2v) is 7.35. The predicted molar refractivity (Wildman–Crippen MR) is 86.6 cm³/mol. The zero-order chi connectivity index (χ0) is 15.3. The van der Waals surface area contributed by atoms with E-state index >= 15 is 0 Å². The predicted octanol–water partition coefficient (Wildman–Crippen LogP) is 1.63. The van der Waals surface area contributed by atoms with Crippen LogP contribution in [-0.4, -0.2) is 46.7 Å². The van der Waals surface area contributed by atoms with E-state index in [2.05, 4.69) is 0 Å². The molecule has 1 unspecified atom stereocenters. The number of hydrogen-bond acceptors (Lipinski definition) is 4. The fourth-order valence-corrected chi connectivity index (χ4v) is 5.39. The molecule has 2 N–H and O–H groups in total.